The summed E-state index contributed by atoms with van der Waals surface area (Å²) in [7, 11) is -2.09. The van der Waals surface area contributed by atoms with Crippen LogP contribution in [-0.4, -0.2) is 47.5 Å². The van der Waals surface area contributed by atoms with E-state index in [1.165, 1.54) is 13.1 Å². The first-order valence-electron chi connectivity index (χ1n) is 13.7. The van der Waals surface area contributed by atoms with Gasteiger partial charge in [-0.2, -0.15) is 0 Å². The molecule has 0 amide bonds. The van der Waals surface area contributed by atoms with Crippen LogP contribution in [0.2, 0.25) is 0 Å². The highest BCUT2D eigenvalue weighted by Gasteiger charge is 2.44. The fraction of sp³-hybridized carbons (Fsp3) is 0.290. The van der Waals surface area contributed by atoms with Crippen LogP contribution in [-0.2, 0) is 24.2 Å². The molecule has 232 valence electrons. The quantitative estimate of drug-likeness (QED) is 0.193. The van der Waals surface area contributed by atoms with E-state index in [0.717, 1.165) is 21.3 Å². The zero-order chi connectivity index (χ0) is 31.5. The number of methoxy groups -OCH3 is 2. The van der Waals surface area contributed by atoms with Crippen molar-refractivity contribution < 1.29 is 42.9 Å². The van der Waals surface area contributed by atoms with Crippen molar-refractivity contribution >= 4 is 7.82 Å². The van der Waals surface area contributed by atoms with Crippen LogP contribution in [0.3, 0.4) is 0 Å². The van der Waals surface area contributed by atoms with Crippen LogP contribution < -0.4 is 25.2 Å². The minimum absolute atomic E-state index is 0.149. The van der Waals surface area contributed by atoms with Gasteiger partial charge in [0.05, 0.1) is 26.9 Å². The van der Waals surface area contributed by atoms with Gasteiger partial charge in [-0.05, 0) is 59.3 Å². The Morgan fingerprint density at radius 2 is 1.52 bits per heavy atom. The summed E-state index contributed by atoms with van der Waals surface area (Å²) in [6.07, 6.45) is -2.21. The Hall–Kier alpha value is -4.03. The number of ether oxygens (including phenoxy) is 4. The summed E-state index contributed by atoms with van der Waals surface area (Å²) in [5.41, 5.74) is 0.270. The first-order valence-corrected chi connectivity index (χ1v) is 15.2. The van der Waals surface area contributed by atoms with Crippen LogP contribution in [0.5, 0.6) is 17.4 Å². The highest BCUT2D eigenvalue weighted by Crippen LogP contribution is 2.45. The van der Waals surface area contributed by atoms with Crippen molar-refractivity contribution in [2.24, 2.45) is 0 Å². The topological polar surface area (TPSA) is 164 Å². The van der Waals surface area contributed by atoms with Gasteiger partial charge in [-0.1, -0.05) is 54.6 Å². The molecule has 1 fully saturated rings. The number of rotatable bonds is 11. The van der Waals surface area contributed by atoms with E-state index in [1.54, 1.807) is 38.5 Å². The van der Waals surface area contributed by atoms with Crippen LogP contribution in [0.4, 0.5) is 0 Å². The minimum Gasteiger partial charge on any atom is -0.858 e. The maximum Gasteiger partial charge on any atom is 0.349 e. The number of aryl methyl sites for hydroxylation is 1. The van der Waals surface area contributed by atoms with E-state index in [1.807, 2.05) is 54.6 Å². The molecule has 4 aromatic rings. The number of aromatic nitrogens is 2. The van der Waals surface area contributed by atoms with Gasteiger partial charge in [0.25, 0.3) is 7.82 Å². The summed E-state index contributed by atoms with van der Waals surface area (Å²) in [5.74, 6) is 0.588. The maximum atomic E-state index is 12.6. The van der Waals surface area contributed by atoms with Crippen molar-refractivity contribution in [3.63, 3.8) is 0 Å². The van der Waals surface area contributed by atoms with Crippen LogP contribution in [0.15, 0.2) is 89.9 Å². The molecule has 1 aliphatic rings. The normalized spacial score (nSPS) is 19.8. The molecule has 1 aliphatic heterocycles. The average Bonchev–Trinajstić information content (AvgIpc) is 3.41. The zero-order valence-electron chi connectivity index (χ0n) is 24.2. The minimum atomic E-state index is -5.22. The largest absolute Gasteiger partial charge is 0.858 e. The lowest BCUT2D eigenvalue weighted by Gasteiger charge is -2.37. The molecule has 5 rings (SSSR count). The molecular formula is C31H31N2O10P-2. The van der Waals surface area contributed by atoms with Gasteiger partial charge >= 0.3 is 5.69 Å². The number of hydrogen-bond donors (Lipinski definition) is 1. The number of benzene rings is 3. The third kappa shape index (κ3) is 6.56. The molecule has 0 saturated carbocycles. The van der Waals surface area contributed by atoms with Crippen molar-refractivity contribution in [2.75, 3.05) is 20.8 Å². The van der Waals surface area contributed by atoms with Crippen molar-refractivity contribution in [3.05, 3.63) is 118 Å². The lowest BCUT2D eigenvalue weighted by molar-refractivity contribution is -0.276. The standard InChI is InChI=1S/C31H33N2O10P/c1-20-18-33(30(35)32-29(20)34)28-17-26(43-44(36,37)38)27(42-28)19-41-31(21-7-5-4-6-8-21,22-9-13-24(39-2)14-10-22)23-11-15-25(40-3)16-12-23/h4-16,18,26-28H,17,19H2,1-3H3,(H,32,34,35)(H2,36,37,38)/p-2/t26-,27+,28+/m0/s1. The van der Waals surface area contributed by atoms with Gasteiger partial charge < -0.3 is 38.4 Å². The summed E-state index contributed by atoms with van der Waals surface area (Å²) in [6.45, 7) is 1.25. The molecule has 0 aliphatic carbocycles. The fourth-order valence-electron chi connectivity index (χ4n) is 5.34. The van der Waals surface area contributed by atoms with E-state index in [0.29, 0.717) is 11.5 Å². The summed E-state index contributed by atoms with van der Waals surface area (Å²) in [6, 6.07) is 24.1. The Balaban J connectivity index is 1.58. The second kappa shape index (κ2) is 12.9. The van der Waals surface area contributed by atoms with Crippen LogP contribution in [0.25, 0.3) is 0 Å². The molecule has 0 bridgehead atoms. The molecule has 13 heteroatoms. The lowest BCUT2D eigenvalue weighted by atomic mass is 9.80. The van der Waals surface area contributed by atoms with E-state index in [4.69, 9.17) is 23.5 Å². The second-order valence-corrected chi connectivity index (χ2v) is 11.4. The molecule has 1 unspecified atom stereocenters. The van der Waals surface area contributed by atoms with E-state index in [9.17, 15) is 24.3 Å². The summed E-state index contributed by atoms with van der Waals surface area (Å²) >= 11 is 0. The molecule has 4 atom stereocenters. The van der Waals surface area contributed by atoms with Gasteiger partial charge in [0, 0.05) is 12.6 Å². The molecule has 0 spiro atoms. The Morgan fingerprint density at radius 3 is 2.05 bits per heavy atom. The SMILES string of the molecule is COc1ccc(C(OC[C@H]2O[C@@H](n3cc(C)c([O-])nc3=O)C[C@@H]2OP(=O)([O-])O)(c2ccccc2)c2ccc(OC)cc2)cc1. The van der Waals surface area contributed by atoms with Crippen molar-refractivity contribution in [2.45, 2.75) is 37.4 Å². The van der Waals surface area contributed by atoms with E-state index in [-0.39, 0.29) is 18.6 Å². The van der Waals surface area contributed by atoms with Gasteiger partial charge in [0.15, 0.2) is 0 Å². The van der Waals surface area contributed by atoms with Gasteiger partial charge in [-0.25, -0.2) is 9.78 Å². The highest BCUT2D eigenvalue weighted by molar-refractivity contribution is 7.44. The molecular weight excluding hydrogens is 591 g/mol. The average molecular weight is 623 g/mol. The van der Waals surface area contributed by atoms with E-state index in [2.05, 4.69) is 4.98 Å². The number of nitrogens with zero attached hydrogens (tertiary/aromatic N) is 2. The third-order valence-corrected chi connectivity index (χ3v) is 8.02. The van der Waals surface area contributed by atoms with Gasteiger partial charge in [-0.15, -0.1) is 0 Å². The summed E-state index contributed by atoms with van der Waals surface area (Å²) < 4.78 is 41.6. The Labute approximate surface area is 253 Å². The summed E-state index contributed by atoms with van der Waals surface area (Å²) in [4.78, 5) is 37.5. The highest BCUT2D eigenvalue weighted by atomic mass is 31.2. The molecule has 12 nitrogen and oxygen atoms in total. The Kier molecular flexibility index (Phi) is 9.21. The van der Waals surface area contributed by atoms with E-state index >= 15 is 0 Å². The number of phosphoric acid groups is 1. The molecule has 3 aromatic carbocycles. The van der Waals surface area contributed by atoms with Gasteiger partial charge in [-0.3, -0.25) is 9.13 Å². The predicted octanol–water partition coefficient (Wildman–Crippen LogP) is 2.78. The van der Waals surface area contributed by atoms with Crippen LogP contribution >= 0.6 is 7.82 Å². The molecule has 1 aromatic heterocycles. The van der Waals surface area contributed by atoms with Crippen molar-refractivity contribution in [1.29, 1.82) is 0 Å². The lowest BCUT2D eigenvalue weighted by Crippen LogP contribution is -2.38. The van der Waals surface area contributed by atoms with Crippen LogP contribution in [0, 0.1) is 6.92 Å². The maximum absolute atomic E-state index is 12.6. The van der Waals surface area contributed by atoms with Crippen LogP contribution in [0.1, 0.15) is 34.9 Å². The molecule has 2 heterocycles. The summed E-state index contributed by atoms with van der Waals surface area (Å²) in [5, 5.41) is 11.9. The first kappa shape index (κ1) is 31.4. The Morgan fingerprint density at radius 1 is 0.977 bits per heavy atom. The number of hydrogen-bond acceptors (Lipinski definition) is 10. The first-order chi connectivity index (χ1) is 21.0. The second-order valence-electron chi connectivity index (χ2n) is 10.2. The predicted molar refractivity (Wildman–Crippen MR) is 154 cm³/mol. The van der Waals surface area contributed by atoms with E-state index < -0.39 is 43.4 Å². The molecule has 44 heavy (non-hydrogen) atoms. The van der Waals surface area contributed by atoms with Gasteiger partial charge in [0.2, 0.25) is 0 Å². The zero-order valence-corrected chi connectivity index (χ0v) is 25.1. The van der Waals surface area contributed by atoms with Gasteiger partial charge in [0.1, 0.15) is 29.4 Å². The van der Waals surface area contributed by atoms with Crippen molar-refractivity contribution in [1.82, 2.24) is 9.55 Å². The third-order valence-electron chi connectivity index (χ3n) is 7.49. The Bertz CT molecular complexity index is 1630. The smallest absolute Gasteiger partial charge is 0.349 e. The molecule has 1 N–H and O–H groups in total. The number of phosphoric ester groups is 1. The van der Waals surface area contributed by atoms with Crippen molar-refractivity contribution in [3.8, 4) is 17.4 Å². The molecule has 1 saturated heterocycles. The molecule has 0 radical (unpaired) electrons. The monoisotopic (exact) mass is 622 g/mol. The fourth-order valence-corrected chi connectivity index (χ4v) is 5.91.